The van der Waals surface area contributed by atoms with E-state index >= 15 is 0 Å². The Labute approximate surface area is 219 Å². The van der Waals surface area contributed by atoms with Crippen molar-refractivity contribution >= 4 is 28.6 Å². The molecule has 1 amide bonds. The van der Waals surface area contributed by atoms with Crippen LogP contribution in [-0.4, -0.2) is 93.6 Å². The molecular formula is C25H32N8O5. The summed E-state index contributed by atoms with van der Waals surface area (Å²) in [4.78, 5) is 31.6. The Morgan fingerprint density at radius 1 is 1.29 bits per heavy atom. The maximum Gasteiger partial charge on any atom is 0.283 e. The van der Waals surface area contributed by atoms with Gasteiger partial charge in [-0.3, -0.25) is 14.3 Å². The topological polar surface area (TPSA) is 162 Å². The third-order valence-corrected chi connectivity index (χ3v) is 6.42. The van der Waals surface area contributed by atoms with Gasteiger partial charge in [-0.1, -0.05) is 0 Å². The maximum atomic E-state index is 12.8. The quantitative estimate of drug-likeness (QED) is 0.393. The van der Waals surface area contributed by atoms with Crippen molar-refractivity contribution in [2.75, 3.05) is 50.9 Å². The van der Waals surface area contributed by atoms with Crippen LogP contribution >= 0.6 is 0 Å². The SMILES string of the molecule is COc1c(OC[C@@H](O)CN2C[C@@H](C)O[C@@H](C)C2)ccc2c3n(c(=NC(=O)c4cnc(N)nc4)nc12)CCN3. The fraction of sp³-hybridized carbons (Fsp3) is 0.480. The first-order valence-corrected chi connectivity index (χ1v) is 12.5. The molecule has 1 fully saturated rings. The number of fused-ring (bicyclic) bond motifs is 3. The molecule has 13 nitrogen and oxygen atoms in total. The van der Waals surface area contributed by atoms with Crippen LogP contribution in [-0.2, 0) is 11.3 Å². The Kier molecular flexibility index (Phi) is 7.40. The van der Waals surface area contributed by atoms with Crippen molar-refractivity contribution < 1.29 is 24.1 Å². The van der Waals surface area contributed by atoms with Gasteiger partial charge in [0.25, 0.3) is 5.91 Å². The number of anilines is 2. The first-order chi connectivity index (χ1) is 18.3. The van der Waals surface area contributed by atoms with E-state index in [0.29, 0.717) is 36.6 Å². The number of amides is 1. The largest absolute Gasteiger partial charge is 0.491 e. The fourth-order valence-electron chi connectivity index (χ4n) is 4.92. The number of aliphatic hydroxyl groups excluding tert-OH is 1. The predicted octanol–water partition coefficient (Wildman–Crippen LogP) is 0.433. The van der Waals surface area contributed by atoms with Crippen molar-refractivity contribution in [3.05, 3.63) is 35.7 Å². The predicted molar refractivity (Wildman–Crippen MR) is 139 cm³/mol. The number of nitrogens with zero attached hydrogens (tertiary/aromatic N) is 6. The molecule has 0 radical (unpaired) electrons. The molecule has 0 spiro atoms. The van der Waals surface area contributed by atoms with Gasteiger partial charge in [0.1, 0.15) is 24.0 Å². The molecule has 38 heavy (non-hydrogen) atoms. The Morgan fingerprint density at radius 3 is 2.74 bits per heavy atom. The minimum atomic E-state index is -0.705. The second kappa shape index (κ2) is 10.9. The first kappa shape index (κ1) is 25.8. The van der Waals surface area contributed by atoms with E-state index in [4.69, 9.17) is 19.9 Å². The van der Waals surface area contributed by atoms with Crippen molar-refractivity contribution in [3.63, 3.8) is 0 Å². The number of rotatable bonds is 7. The number of morpholine rings is 1. The molecule has 2 aliphatic rings. The van der Waals surface area contributed by atoms with Gasteiger partial charge in [-0.2, -0.15) is 4.99 Å². The van der Waals surface area contributed by atoms with Crippen LogP contribution < -0.4 is 26.1 Å². The van der Waals surface area contributed by atoms with Crippen LogP contribution in [0.5, 0.6) is 11.5 Å². The van der Waals surface area contributed by atoms with Crippen LogP contribution in [0.3, 0.4) is 0 Å². The summed E-state index contributed by atoms with van der Waals surface area (Å²) in [5.41, 5.74) is 6.42. The van der Waals surface area contributed by atoms with E-state index < -0.39 is 12.0 Å². The Balaban J connectivity index is 1.42. The average Bonchev–Trinajstić information content (AvgIpc) is 3.37. The third-order valence-electron chi connectivity index (χ3n) is 6.42. The number of β-amino-alcohol motifs (C(OH)–C–C–N with tert-alkyl or cyclic N) is 1. The zero-order valence-electron chi connectivity index (χ0n) is 21.6. The zero-order valence-corrected chi connectivity index (χ0v) is 21.6. The lowest BCUT2D eigenvalue weighted by molar-refractivity contribution is -0.0787. The van der Waals surface area contributed by atoms with Crippen molar-refractivity contribution in [1.29, 1.82) is 0 Å². The van der Waals surface area contributed by atoms with Gasteiger partial charge in [-0.15, -0.1) is 0 Å². The molecule has 2 aliphatic heterocycles. The van der Waals surface area contributed by atoms with Crippen LogP contribution in [0.1, 0.15) is 24.2 Å². The lowest BCUT2D eigenvalue weighted by Gasteiger charge is -2.36. The van der Waals surface area contributed by atoms with E-state index in [9.17, 15) is 9.90 Å². The highest BCUT2D eigenvalue weighted by Crippen LogP contribution is 2.37. The molecule has 202 valence electrons. The molecule has 3 atom stereocenters. The zero-order chi connectivity index (χ0) is 26.8. The Morgan fingerprint density at radius 2 is 2.03 bits per heavy atom. The van der Waals surface area contributed by atoms with Crippen molar-refractivity contribution in [1.82, 2.24) is 24.4 Å². The van der Waals surface area contributed by atoms with E-state index in [1.165, 1.54) is 19.5 Å². The summed E-state index contributed by atoms with van der Waals surface area (Å²) in [7, 11) is 1.53. The van der Waals surface area contributed by atoms with Gasteiger partial charge >= 0.3 is 0 Å². The van der Waals surface area contributed by atoms with Crippen LogP contribution in [0.4, 0.5) is 11.8 Å². The van der Waals surface area contributed by atoms with Crippen LogP contribution in [0.25, 0.3) is 10.9 Å². The number of hydrogen-bond acceptors (Lipinski definition) is 11. The molecule has 0 saturated carbocycles. The summed E-state index contributed by atoms with van der Waals surface area (Å²) < 4.78 is 19.3. The molecule has 0 aliphatic carbocycles. The number of methoxy groups -OCH3 is 1. The second-order valence-corrected chi connectivity index (χ2v) is 9.52. The van der Waals surface area contributed by atoms with Crippen LogP contribution in [0.2, 0.25) is 0 Å². The highest BCUT2D eigenvalue weighted by Gasteiger charge is 2.25. The third kappa shape index (κ3) is 5.39. The summed E-state index contributed by atoms with van der Waals surface area (Å²) in [6.07, 6.45) is 2.18. The van der Waals surface area contributed by atoms with Crippen LogP contribution in [0.15, 0.2) is 29.5 Å². The molecule has 4 N–H and O–H groups in total. The van der Waals surface area contributed by atoms with E-state index in [0.717, 1.165) is 24.3 Å². The lowest BCUT2D eigenvalue weighted by atomic mass is 10.2. The average molecular weight is 525 g/mol. The summed E-state index contributed by atoms with van der Waals surface area (Å²) in [5, 5.41) is 14.8. The Hall–Kier alpha value is -3.81. The summed E-state index contributed by atoms with van der Waals surface area (Å²) in [6.45, 7) is 7.37. The highest BCUT2D eigenvalue weighted by molar-refractivity contribution is 5.96. The number of nitrogen functional groups attached to an aromatic ring is 1. The minimum Gasteiger partial charge on any atom is -0.491 e. The standard InChI is InChI=1S/C25H32N8O5/c1-14-10-32(11-15(2)38-14)12-17(34)13-37-19-5-4-18-20(21(19)36-3)30-25(33-7-6-27-22(18)33)31-23(35)16-8-28-24(26)29-9-16/h4-5,8-9,14-15,17,27,34H,6-7,10-13H2,1-3H3,(H2,26,28,29)/t14-,15+,17-/m0/s1. The van der Waals surface area contributed by atoms with Gasteiger partial charge in [-0.25, -0.2) is 15.0 Å². The molecular weight excluding hydrogens is 492 g/mol. The number of carbonyl (C=O) groups excluding carboxylic acids is 1. The van der Waals surface area contributed by atoms with Gasteiger partial charge in [0.2, 0.25) is 11.6 Å². The monoisotopic (exact) mass is 524 g/mol. The molecule has 5 rings (SSSR count). The summed E-state index contributed by atoms with van der Waals surface area (Å²) in [6, 6.07) is 3.67. The minimum absolute atomic E-state index is 0.0706. The molecule has 0 bridgehead atoms. The van der Waals surface area contributed by atoms with Crippen LogP contribution in [0, 0.1) is 0 Å². The van der Waals surface area contributed by atoms with E-state index in [-0.39, 0.29) is 35.9 Å². The van der Waals surface area contributed by atoms with Gasteiger partial charge in [0.05, 0.1) is 24.9 Å². The maximum absolute atomic E-state index is 12.8. The molecule has 4 heterocycles. The molecule has 1 saturated heterocycles. The first-order valence-electron chi connectivity index (χ1n) is 12.5. The van der Waals surface area contributed by atoms with Crippen molar-refractivity contribution in [3.8, 4) is 11.5 Å². The van der Waals surface area contributed by atoms with E-state index in [1.807, 2.05) is 24.5 Å². The van der Waals surface area contributed by atoms with Gasteiger partial charge in [-0.05, 0) is 26.0 Å². The Bertz CT molecular complexity index is 1380. The summed E-state index contributed by atoms with van der Waals surface area (Å²) >= 11 is 0. The van der Waals surface area contributed by atoms with Crippen molar-refractivity contribution in [2.24, 2.45) is 4.99 Å². The molecule has 3 aromatic rings. The molecule has 13 heteroatoms. The summed E-state index contributed by atoms with van der Waals surface area (Å²) in [5.74, 6) is 1.12. The molecule has 0 unspecified atom stereocenters. The number of ether oxygens (including phenoxy) is 3. The number of nitrogens with two attached hydrogens (primary N) is 1. The highest BCUT2D eigenvalue weighted by atomic mass is 16.5. The molecule has 2 aromatic heterocycles. The number of benzene rings is 1. The normalized spacial score (nSPS) is 20.7. The van der Waals surface area contributed by atoms with Gasteiger partial charge in [0, 0.05) is 50.5 Å². The number of nitrogens with one attached hydrogen (secondary N) is 1. The van der Waals surface area contributed by atoms with E-state index in [2.05, 4.69) is 30.2 Å². The van der Waals surface area contributed by atoms with Crippen molar-refractivity contribution in [2.45, 2.75) is 38.7 Å². The second-order valence-electron chi connectivity index (χ2n) is 9.52. The molecule has 1 aromatic carbocycles. The number of aromatic nitrogens is 4. The van der Waals surface area contributed by atoms with Gasteiger partial charge < -0.3 is 30.4 Å². The number of carbonyl (C=O) groups is 1. The number of aliphatic hydroxyl groups is 1. The lowest BCUT2D eigenvalue weighted by Crippen LogP contribution is -2.48. The smallest absolute Gasteiger partial charge is 0.283 e. The van der Waals surface area contributed by atoms with Gasteiger partial charge in [0.15, 0.2) is 11.5 Å². The fourth-order valence-corrected chi connectivity index (χ4v) is 4.92. The number of hydrogen-bond donors (Lipinski definition) is 3. The van der Waals surface area contributed by atoms with E-state index in [1.54, 1.807) is 6.07 Å².